The fraction of sp³-hybridized carbons (Fsp3) is 0.906. The molecule has 1 heterocycles. The van der Waals surface area contributed by atoms with Crippen LogP contribution in [0.2, 0.25) is 54.4 Å². The van der Waals surface area contributed by atoms with Gasteiger partial charge in [-0.25, -0.2) is 4.79 Å². The Balaban J connectivity index is 2.76. The van der Waals surface area contributed by atoms with Gasteiger partial charge in [-0.2, -0.15) is 0 Å². The van der Waals surface area contributed by atoms with E-state index in [-0.39, 0.29) is 35.1 Å². The van der Waals surface area contributed by atoms with Crippen molar-refractivity contribution in [3.05, 3.63) is 11.6 Å². The third kappa shape index (κ3) is 7.68. The number of carbonyl (C=O) groups is 1. The SMILES string of the molecule is CCOC(=O)/C=C1\CO[C@@H]2[C@@H](O[Si](C(C)C)(C(C)C)C(C)C)[C@@H](C)C[C@@H](CO[Si](C)(C)C(C)(C)C)[C@]12O[Si](C)(C)C. The molecule has 2 aliphatic rings. The molecule has 0 amide bonds. The summed E-state index contributed by atoms with van der Waals surface area (Å²) in [5.41, 5.74) is 1.47. The summed E-state index contributed by atoms with van der Waals surface area (Å²) >= 11 is 0. The second kappa shape index (κ2) is 13.4. The van der Waals surface area contributed by atoms with Gasteiger partial charge in [0.05, 0.1) is 19.3 Å². The molecule has 5 atom stereocenters. The van der Waals surface area contributed by atoms with Crippen LogP contribution in [0.4, 0.5) is 0 Å². The van der Waals surface area contributed by atoms with Crippen LogP contribution in [0.3, 0.4) is 0 Å². The van der Waals surface area contributed by atoms with E-state index in [1.165, 1.54) is 0 Å². The molecule has 41 heavy (non-hydrogen) atoms. The average molecular weight is 629 g/mol. The molecule has 0 N–H and O–H groups in total. The van der Waals surface area contributed by atoms with E-state index in [4.69, 9.17) is 22.8 Å². The van der Waals surface area contributed by atoms with Gasteiger partial charge < -0.3 is 22.8 Å². The van der Waals surface area contributed by atoms with Crippen LogP contribution in [0.15, 0.2) is 11.6 Å². The van der Waals surface area contributed by atoms with Crippen molar-refractivity contribution < 1.29 is 27.5 Å². The zero-order valence-electron chi connectivity index (χ0n) is 29.4. The molecule has 2 rings (SSSR count). The smallest absolute Gasteiger partial charge is 0.330 e. The maximum Gasteiger partial charge on any atom is 0.330 e. The van der Waals surface area contributed by atoms with Crippen molar-refractivity contribution in [2.45, 2.75) is 155 Å². The largest absolute Gasteiger partial charge is 0.463 e. The average Bonchev–Trinajstić information content (AvgIpc) is 3.12. The molecule has 0 bridgehead atoms. The van der Waals surface area contributed by atoms with Crippen molar-refractivity contribution in [2.75, 3.05) is 19.8 Å². The number of fused-ring (bicyclic) bond motifs is 1. The number of ether oxygens (including phenoxy) is 2. The first kappa shape index (κ1) is 36.9. The number of hydrogen-bond donors (Lipinski definition) is 0. The van der Waals surface area contributed by atoms with Crippen LogP contribution in [-0.2, 0) is 27.5 Å². The van der Waals surface area contributed by atoms with Crippen LogP contribution >= 0.6 is 0 Å². The lowest BCUT2D eigenvalue weighted by molar-refractivity contribution is -0.155. The fourth-order valence-electron chi connectivity index (χ4n) is 7.22. The van der Waals surface area contributed by atoms with Gasteiger partial charge in [0, 0.05) is 18.6 Å². The predicted octanol–water partition coefficient (Wildman–Crippen LogP) is 8.70. The van der Waals surface area contributed by atoms with E-state index in [1.807, 2.05) is 6.92 Å². The lowest BCUT2D eigenvalue weighted by Crippen LogP contribution is -2.66. The molecule has 240 valence electrons. The molecule has 1 saturated carbocycles. The number of hydrogen-bond acceptors (Lipinski definition) is 6. The van der Waals surface area contributed by atoms with Gasteiger partial charge in [0.1, 0.15) is 11.7 Å². The Hall–Kier alpha value is -0.299. The summed E-state index contributed by atoms with van der Waals surface area (Å²) in [5, 5.41) is 0.0951. The minimum Gasteiger partial charge on any atom is -0.463 e. The topological polar surface area (TPSA) is 63.2 Å². The minimum atomic E-state index is -2.23. The highest BCUT2D eigenvalue weighted by Crippen LogP contribution is 2.55. The first-order valence-corrected chi connectivity index (χ1v) is 24.5. The summed E-state index contributed by atoms with van der Waals surface area (Å²) in [6.45, 7) is 37.6. The van der Waals surface area contributed by atoms with Crippen molar-refractivity contribution in [1.29, 1.82) is 0 Å². The first-order valence-electron chi connectivity index (χ1n) is 16.1. The Morgan fingerprint density at radius 2 is 1.56 bits per heavy atom. The summed E-state index contributed by atoms with van der Waals surface area (Å²) in [6, 6.07) is 0. The van der Waals surface area contributed by atoms with Gasteiger partial charge in [0.25, 0.3) is 0 Å². The monoisotopic (exact) mass is 628 g/mol. The van der Waals surface area contributed by atoms with E-state index >= 15 is 0 Å². The summed E-state index contributed by atoms with van der Waals surface area (Å²) in [6.07, 6.45) is 2.12. The lowest BCUT2D eigenvalue weighted by atomic mass is 9.66. The molecule has 9 heteroatoms. The van der Waals surface area contributed by atoms with Crippen LogP contribution in [-0.4, -0.2) is 68.6 Å². The fourth-order valence-corrected chi connectivity index (χ4v) is 15.3. The summed E-state index contributed by atoms with van der Waals surface area (Å²) < 4.78 is 34.0. The molecular formula is C32H64O6Si3. The van der Waals surface area contributed by atoms with E-state index in [1.54, 1.807) is 6.08 Å². The van der Waals surface area contributed by atoms with Gasteiger partial charge in [-0.1, -0.05) is 69.2 Å². The maximum absolute atomic E-state index is 12.9. The standard InChI is InChI=1S/C32H64O6Si3/c1-17-34-28(33)19-27-20-35-30-29(37-41(22(2)3,23(4)5)24(6)7)25(8)18-26(32(27,30)38-39(12,13)14)21-36-40(15,16)31(9,10)11/h19,22-26,29-30H,17-18,20-21H2,1-16H3/b27-19+/t25-,26-,29-,30+,32-/m0/s1. The van der Waals surface area contributed by atoms with Gasteiger partial charge >= 0.3 is 5.97 Å². The normalized spacial score (nSPS) is 29.1. The van der Waals surface area contributed by atoms with E-state index in [0.29, 0.717) is 36.4 Å². The number of rotatable bonds is 12. The van der Waals surface area contributed by atoms with Gasteiger partial charge in [0.2, 0.25) is 8.32 Å². The lowest BCUT2D eigenvalue weighted by Gasteiger charge is -2.56. The Morgan fingerprint density at radius 3 is 2.00 bits per heavy atom. The predicted molar refractivity (Wildman–Crippen MR) is 178 cm³/mol. The maximum atomic E-state index is 12.9. The highest BCUT2D eigenvalue weighted by molar-refractivity contribution is 6.77. The van der Waals surface area contributed by atoms with E-state index in [2.05, 4.69) is 102 Å². The Morgan fingerprint density at radius 1 is 1.02 bits per heavy atom. The second-order valence-corrected chi connectivity index (χ2v) is 30.7. The third-order valence-electron chi connectivity index (χ3n) is 10.0. The van der Waals surface area contributed by atoms with Gasteiger partial charge in [-0.05, 0) is 79.2 Å². The molecule has 1 aliphatic carbocycles. The second-order valence-electron chi connectivity index (χ2n) is 16.0. The Labute approximate surface area is 256 Å². The number of esters is 1. The highest BCUT2D eigenvalue weighted by Gasteiger charge is 2.64. The molecule has 1 aliphatic heterocycles. The minimum absolute atomic E-state index is 0.0413. The molecule has 0 spiro atoms. The molecule has 0 radical (unpaired) electrons. The van der Waals surface area contributed by atoms with E-state index < -0.39 is 30.6 Å². The molecule has 0 aromatic carbocycles. The summed E-state index contributed by atoms with van der Waals surface area (Å²) in [7, 11) is -6.41. The zero-order chi connectivity index (χ0) is 31.8. The Bertz CT molecular complexity index is 896. The first-order chi connectivity index (χ1) is 18.6. The van der Waals surface area contributed by atoms with Crippen LogP contribution in [0.1, 0.15) is 82.6 Å². The Kier molecular flexibility index (Phi) is 12.0. The van der Waals surface area contributed by atoms with Gasteiger partial charge in [-0.3, -0.25) is 0 Å². The number of carbonyl (C=O) groups excluding carboxylic acids is 1. The van der Waals surface area contributed by atoms with Crippen molar-refractivity contribution >= 4 is 30.9 Å². The molecule has 0 aromatic heterocycles. The molecule has 6 nitrogen and oxygen atoms in total. The van der Waals surface area contributed by atoms with Crippen molar-refractivity contribution in [3.8, 4) is 0 Å². The third-order valence-corrected chi connectivity index (χ3v) is 21.6. The molecule has 0 unspecified atom stereocenters. The van der Waals surface area contributed by atoms with Crippen LogP contribution in [0.25, 0.3) is 0 Å². The van der Waals surface area contributed by atoms with E-state index in [9.17, 15) is 4.79 Å². The summed E-state index contributed by atoms with van der Waals surface area (Å²) in [5.74, 6) is -0.0308. The molecule has 0 aromatic rings. The van der Waals surface area contributed by atoms with Crippen molar-refractivity contribution in [2.24, 2.45) is 11.8 Å². The molecule has 2 fully saturated rings. The van der Waals surface area contributed by atoms with Crippen LogP contribution in [0, 0.1) is 11.8 Å². The van der Waals surface area contributed by atoms with Crippen molar-refractivity contribution in [1.82, 2.24) is 0 Å². The molecular weight excluding hydrogens is 565 g/mol. The van der Waals surface area contributed by atoms with E-state index in [0.717, 1.165) is 12.0 Å². The highest BCUT2D eigenvalue weighted by atomic mass is 28.4. The quantitative estimate of drug-likeness (QED) is 0.122. The van der Waals surface area contributed by atoms with Gasteiger partial charge in [0.15, 0.2) is 16.6 Å². The summed E-state index contributed by atoms with van der Waals surface area (Å²) in [4.78, 5) is 12.9. The van der Waals surface area contributed by atoms with Gasteiger partial charge in [-0.15, -0.1) is 0 Å². The van der Waals surface area contributed by atoms with Crippen LogP contribution in [0.5, 0.6) is 0 Å². The van der Waals surface area contributed by atoms with Crippen LogP contribution < -0.4 is 0 Å². The van der Waals surface area contributed by atoms with Crippen molar-refractivity contribution in [3.63, 3.8) is 0 Å². The zero-order valence-corrected chi connectivity index (χ0v) is 32.4. The molecule has 1 saturated heterocycles.